The van der Waals surface area contributed by atoms with Crippen molar-refractivity contribution in [3.63, 3.8) is 0 Å². The van der Waals surface area contributed by atoms with Gasteiger partial charge in [-0.1, -0.05) is 18.6 Å². The van der Waals surface area contributed by atoms with Crippen LogP contribution in [-0.4, -0.2) is 71.5 Å². The van der Waals surface area contributed by atoms with Gasteiger partial charge in [-0.25, -0.2) is 9.79 Å². The van der Waals surface area contributed by atoms with Crippen molar-refractivity contribution in [3.05, 3.63) is 29.8 Å². The van der Waals surface area contributed by atoms with Crippen molar-refractivity contribution in [1.82, 2.24) is 20.4 Å². The van der Waals surface area contributed by atoms with Crippen molar-refractivity contribution in [2.75, 3.05) is 26.2 Å². The van der Waals surface area contributed by atoms with Crippen molar-refractivity contribution in [2.45, 2.75) is 71.4 Å². The van der Waals surface area contributed by atoms with Gasteiger partial charge in [0.2, 0.25) is 17.8 Å². The highest BCUT2D eigenvalue weighted by Crippen LogP contribution is 2.15. The minimum atomic E-state index is -0.536. The quantitative estimate of drug-likeness (QED) is 0.175. The van der Waals surface area contributed by atoms with E-state index < -0.39 is 11.7 Å². The number of alkyl carbamates (subject to hydrolysis) is 1. The number of benzene rings is 1. The van der Waals surface area contributed by atoms with Crippen molar-refractivity contribution in [1.29, 1.82) is 5.26 Å². The van der Waals surface area contributed by atoms with Crippen LogP contribution in [-0.2, 0) is 14.3 Å². The fraction of sp³-hybridized carbons (Fsp3) is 0.536. The second-order valence-electron chi connectivity index (χ2n) is 10.2. The third-order valence-electron chi connectivity index (χ3n) is 5.69. The summed E-state index contributed by atoms with van der Waals surface area (Å²) in [7, 11) is 0. The molecule has 2 aliphatic heterocycles. The van der Waals surface area contributed by atoms with Crippen molar-refractivity contribution < 1.29 is 19.1 Å². The van der Waals surface area contributed by atoms with E-state index in [9.17, 15) is 14.4 Å². The third-order valence-corrected chi connectivity index (χ3v) is 5.69. The predicted molar refractivity (Wildman–Crippen MR) is 151 cm³/mol. The number of terminal acetylenes is 1. The van der Waals surface area contributed by atoms with Crippen LogP contribution in [0.5, 0.6) is 0 Å². The van der Waals surface area contributed by atoms with Crippen LogP contribution < -0.4 is 16.4 Å². The molecule has 1 aromatic rings. The van der Waals surface area contributed by atoms with Crippen LogP contribution in [0.1, 0.15) is 58.4 Å². The highest BCUT2D eigenvalue weighted by Gasteiger charge is 2.30. The van der Waals surface area contributed by atoms with Crippen LogP contribution >= 0.6 is 0 Å². The molecule has 4 N–H and O–H groups in total. The number of rotatable bonds is 4. The van der Waals surface area contributed by atoms with E-state index in [1.54, 1.807) is 16.0 Å². The number of hydrogen-bond acceptors (Lipinski definition) is 6. The summed E-state index contributed by atoms with van der Waals surface area (Å²) >= 11 is 0. The molecule has 2 heterocycles. The summed E-state index contributed by atoms with van der Waals surface area (Å²) in [4.78, 5) is 43.6. The minimum Gasteiger partial charge on any atom is -0.444 e. The number of guanidine groups is 1. The Hall–Kier alpha value is -4.25. The number of aliphatic imine (C=N–C) groups is 1. The van der Waals surface area contributed by atoms with E-state index in [0.717, 1.165) is 30.5 Å². The first-order valence-corrected chi connectivity index (χ1v) is 12.9. The minimum absolute atomic E-state index is 0.0428. The maximum Gasteiger partial charge on any atom is 0.407 e. The van der Waals surface area contributed by atoms with E-state index in [0.29, 0.717) is 32.5 Å². The zero-order chi connectivity index (χ0) is 29.4. The van der Waals surface area contributed by atoms with E-state index in [4.69, 9.17) is 15.7 Å². The summed E-state index contributed by atoms with van der Waals surface area (Å²) in [5.41, 5.74) is 6.69. The molecule has 2 fully saturated rings. The van der Waals surface area contributed by atoms with E-state index >= 15 is 0 Å². The van der Waals surface area contributed by atoms with Crippen molar-refractivity contribution in [3.8, 4) is 19.0 Å². The fourth-order valence-electron chi connectivity index (χ4n) is 3.97. The van der Waals surface area contributed by atoms with Crippen LogP contribution in [0.2, 0.25) is 0 Å². The zero-order valence-electron chi connectivity index (χ0n) is 23.4. The van der Waals surface area contributed by atoms with Crippen molar-refractivity contribution >= 4 is 29.6 Å². The van der Waals surface area contributed by atoms with Crippen LogP contribution in [0, 0.1) is 31.2 Å². The van der Waals surface area contributed by atoms with Crippen LogP contribution in [0.15, 0.2) is 29.3 Å². The Bertz CT molecular complexity index is 1060. The third kappa shape index (κ3) is 13.2. The Morgan fingerprint density at radius 1 is 1.23 bits per heavy atom. The first-order chi connectivity index (χ1) is 18.5. The molecule has 3 amide bonds. The number of likely N-dealkylation sites (tertiary alicyclic amines) is 2. The molecule has 0 aromatic heterocycles. The maximum atomic E-state index is 12.4. The van der Waals surface area contributed by atoms with Crippen LogP contribution in [0.25, 0.3) is 0 Å². The standard InChI is InChI=1S/C17H29N3O4.C9H10N4.C2H2/c1-17(2,3)24-16(23)18-13-8-10-20(11-13)15(22)12-19-9-6-4-5-7-14(19)21;1-7-3-2-4-8(5-7)13-9(11)12-6-10;1-2/h13H,4-12H2,1-3H3,(H,18,23);2-5H,1H3,(H3,11,12,13);1-2H. The van der Waals surface area contributed by atoms with Crippen LogP contribution in [0.3, 0.4) is 0 Å². The number of nitrogens with two attached hydrogens (primary N) is 1. The predicted octanol–water partition coefficient (Wildman–Crippen LogP) is 2.78. The molecule has 212 valence electrons. The molecule has 11 heteroatoms. The molecule has 0 radical (unpaired) electrons. The highest BCUT2D eigenvalue weighted by molar-refractivity contribution is 5.85. The first-order valence-electron chi connectivity index (χ1n) is 12.9. The Kier molecular flexibility index (Phi) is 13.9. The second-order valence-corrected chi connectivity index (χ2v) is 10.2. The molecule has 2 saturated heterocycles. The number of hydrogen-bond donors (Lipinski definition) is 3. The van der Waals surface area contributed by atoms with E-state index in [1.165, 1.54) is 0 Å². The zero-order valence-corrected chi connectivity index (χ0v) is 23.4. The molecule has 1 aromatic carbocycles. The number of ether oxygens (including phenoxy) is 1. The smallest absolute Gasteiger partial charge is 0.407 e. The number of carbonyl (C=O) groups excluding carboxylic acids is 3. The molecule has 0 bridgehead atoms. The van der Waals surface area contributed by atoms with Gasteiger partial charge >= 0.3 is 6.09 Å². The lowest BCUT2D eigenvalue weighted by Crippen LogP contribution is -2.44. The molecule has 11 nitrogen and oxygen atoms in total. The summed E-state index contributed by atoms with van der Waals surface area (Å²) in [6, 6.07) is 7.45. The Morgan fingerprint density at radius 2 is 1.95 bits per heavy atom. The number of amides is 3. The lowest BCUT2D eigenvalue weighted by atomic mass is 10.2. The molecule has 3 rings (SSSR count). The largest absolute Gasteiger partial charge is 0.444 e. The van der Waals surface area contributed by atoms with Gasteiger partial charge in [0.1, 0.15) is 5.60 Å². The summed E-state index contributed by atoms with van der Waals surface area (Å²) in [5, 5.41) is 13.3. The number of nitrogens with zero attached hydrogens (tertiary/aromatic N) is 4. The van der Waals surface area contributed by atoms with Gasteiger partial charge in [-0.15, -0.1) is 12.8 Å². The second kappa shape index (κ2) is 16.6. The molecule has 0 saturated carbocycles. The molecular weight excluding hydrogens is 498 g/mol. The average Bonchev–Trinajstić information content (AvgIpc) is 3.22. The molecular formula is C28H41N7O4. The first kappa shape index (κ1) is 32.8. The molecule has 0 aliphatic carbocycles. The normalized spacial score (nSPS) is 17.3. The van der Waals surface area contributed by atoms with Crippen molar-refractivity contribution in [2.24, 2.45) is 10.7 Å². The summed E-state index contributed by atoms with van der Waals surface area (Å²) < 4.78 is 5.24. The highest BCUT2D eigenvalue weighted by atomic mass is 16.6. The number of aryl methyl sites for hydroxylation is 1. The Labute approximate surface area is 231 Å². The number of carbonyl (C=O) groups is 3. The number of nitrogens with one attached hydrogen (secondary N) is 2. The van der Waals surface area contributed by atoms with E-state index in [2.05, 4.69) is 28.5 Å². The van der Waals surface area contributed by atoms with Gasteiger partial charge in [0.15, 0.2) is 6.19 Å². The average molecular weight is 540 g/mol. The van der Waals surface area contributed by atoms with Gasteiger partial charge in [0.25, 0.3) is 0 Å². The van der Waals surface area contributed by atoms with Crippen LogP contribution in [0.4, 0.5) is 10.5 Å². The molecule has 1 atom stereocenters. The van der Waals surface area contributed by atoms with Gasteiger partial charge < -0.3 is 25.6 Å². The monoisotopic (exact) mass is 539 g/mol. The molecule has 0 spiro atoms. The fourth-order valence-corrected chi connectivity index (χ4v) is 3.97. The van der Waals surface area contributed by atoms with Gasteiger partial charge in [0.05, 0.1) is 18.3 Å². The Balaban J connectivity index is 0.000000428. The summed E-state index contributed by atoms with van der Waals surface area (Å²) in [5.74, 6) is 0.135. The molecule has 2 aliphatic rings. The van der Waals surface area contributed by atoms with E-state index in [1.807, 2.05) is 52.0 Å². The Morgan fingerprint density at radius 3 is 2.59 bits per heavy atom. The van der Waals surface area contributed by atoms with Gasteiger partial charge in [-0.2, -0.15) is 5.26 Å². The SMILES string of the molecule is C#C.CC(C)(C)OC(=O)NC1CCN(C(=O)CN2CCCCCC2=O)C1.Cc1cccc(N=C(N)NC#N)c1. The summed E-state index contributed by atoms with van der Waals surface area (Å²) in [6.45, 7) is 9.30. The lowest BCUT2D eigenvalue weighted by molar-refractivity contribution is -0.139. The van der Waals surface area contributed by atoms with E-state index in [-0.39, 0.29) is 30.4 Å². The topological polar surface area (TPSA) is 153 Å². The summed E-state index contributed by atoms with van der Waals surface area (Å²) in [6.07, 6.45) is 13.4. The maximum absolute atomic E-state index is 12.4. The molecule has 1 unspecified atom stereocenters. The van der Waals surface area contributed by atoms with Gasteiger partial charge in [-0.3, -0.25) is 14.9 Å². The lowest BCUT2D eigenvalue weighted by Gasteiger charge is -2.24. The molecule has 39 heavy (non-hydrogen) atoms. The van der Waals surface area contributed by atoms with Gasteiger partial charge in [-0.05, 0) is 64.7 Å². The van der Waals surface area contributed by atoms with Gasteiger partial charge in [0, 0.05) is 26.1 Å². The number of nitriles is 1.